The maximum Gasteiger partial charge on any atom is 0.240 e. The second kappa shape index (κ2) is 7.41. The molecule has 0 saturated heterocycles. The van der Waals surface area contributed by atoms with E-state index in [-0.39, 0.29) is 17.7 Å². The first kappa shape index (κ1) is 18.7. The summed E-state index contributed by atoms with van der Waals surface area (Å²) in [5, 5.41) is 11.4. The van der Waals surface area contributed by atoms with E-state index < -0.39 is 0 Å². The summed E-state index contributed by atoms with van der Waals surface area (Å²) in [5.74, 6) is 0.589. The predicted molar refractivity (Wildman–Crippen MR) is 111 cm³/mol. The molecule has 146 valence electrons. The Morgan fingerprint density at radius 3 is 2.86 bits per heavy atom. The third-order valence-electron chi connectivity index (χ3n) is 5.10. The smallest absolute Gasteiger partial charge is 0.240 e. The van der Waals surface area contributed by atoms with E-state index in [1.165, 1.54) is 0 Å². The van der Waals surface area contributed by atoms with Gasteiger partial charge in [0.15, 0.2) is 11.5 Å². The van der Waals surface area contributed by atoms with Gasteiger partial charge in [0, 0.05) is 17.7 Å². The number of para-hydroxylation sites is 1. The number of thiazole rings is 1. The highest BCUT2D eigenvalue weighted by Gasteiger charge is 2.27. The number of nitrogens with zero attached hydrogens (tertiary/aromatic N) is 3. The summed E-state index contributed by atoms with van der Waals surface area (Å²) < 4.78 is 6.87. The highest BCUT2D eigenvalue weighted by Crippen LogP contribution is 2.39. The van der Waals surface area contributed by atoms with Crippen molar-refractivity contribution in [1.29, 1.82) is 0 Å². The van der Waals surface area contributed by atoms with Crippen LogP contribution in [0.2, 0.25) is 0 Å². The lowest BCUT2D eigenvalue weighted by atomic mass is 10.1. The van der Waals surface area contributed by atoms with E-state index >= 15 is 0 Å². The highest BCUT2D eigenvalue weighted by atomic mass is 32.1. The molecule has 6 nitrogen and oxygen atoms in total. The van der Waals surface area contributed by atoms with Crippen LogP contribution < -0.4 is 4.74 Å². The van der Waals surface area contributed by atoms with Crippen LogP contribution in [0.25, 0.3) is 20.8 Å². The molecule has 1 unspecified atom stereocenters. The fourth-order valence-electron chi connectivity index (χ4n) is 3.29. The minimum atomic E-state index is -0.220. The summed E-state index contributed by atoms with van der Waals surface area (Å²) in [7, 11) is 3.78. The van der Waals surface area contributed by atoms with E-state index in [1.807, 2.05) is 56.3 Å². The summed E-state index contributed by atoms with van der Waals surface area (Å²) in [6, 6.07) is 11.4. The Hall–Kier alpha value is -2.64. The van der Waals surface area contributed by atoms with Crippen LogP contribution in [0.1, 0.15) is 12.5 Å². The zero-order chi connectivity index (χ0) is 19.8. The fraction of sp³-hybridized carbons (Fsp3) is 0.333. The Morgan fingerprint density at radius 1 is 1.32 bits per heavy atom. The van der Waals surface area contributed by atoms with Crippen LogP contribution in [0.5, 0.6) is 11.5 Å². The Morgan fingerprint density at radius 2 is 2.11 bits per heavy atom. The van der Waals surface area contributed by atoms with Crippen molar-refractivity contribution in [3.63, 3.8) is 0 Å². The summed E-state index contributed by atoms with van der Waals surface area (Å²) in [6.07, 6.45) is 0. The Labute approximate surface area is 168 Å². The van der Waals surface area contributed by atoms with Crippen molar-refractivity contribution in [2.24, 2.45) is 0 Å². The normalized spacial score (nSPS) is 15.2. The van der Waals surface area contributed by atoms with Gasteiger partial charge in [0.2, 0.25) is 5.91 Å². The number of hydrogen-bond donors (Lipinski definition) is 1. The topological polar surface area (TPSA) is 65.9 Å². The second-order valence-electron chi connectivity index (χ2n) is 7.22. The molecule has 3 aromatic rings. The van der Waals surface area contributed by atoms with Gasteiger partial charge in [-0.15, -0.1) is 11.3 Å². The molecule has 1 amide bonds. The molecule has 0 aliphatic carbocycles. The Kier molecular flexibility index (Phi) is 4.95. The third kappa shape index (κ3) is 3.43. The number of aromatic hydroxyl groups is 1. The summed E-state index contributed by atoms with van der Waals surface area (Å²) in [6.45, 7) is 3.14. The van der Waals surface area contributed by atoms with Gasteiger partial charge in [0.05, 0.1) is 22.8 Å². The molecule has 1 aliphatic heterocycles. The second-order valence-corrected chi connectivity index (χ2v) is 8.25. The highest BCUT2D eigenvalue weighted by molar-refractivity contribution is 7.21. The van der Waals surface area contributed by atoms with Gasteiger partial charge in [-0.3, -0.25) is 9.69 Å². The Balaban J connectivity index is 1.70. The number of fused-ring (bicyclic) bond motifs is 2. The average Bonchev–Trinajstić information content (AvgIpc) is 2.99. The molecule has 2 heterocycles. The van der Waals surface area contributed by atoms with Crippen molar-refractivity contribution in [3.8, 4) is 22.1 Å². The summed E-state index contributed by atoms with van der Waals surface area (Å²) in [5.41, 5.74) is 2.56. The van der Waals surface area contributed by atoms with E-state index in [0.29, 0.717) is 25.4 Å². The van der Waals surface area contributed by atoms with Gasteiger partial charge in [-0.1, -0.05) is 12.1 Å². The van der Waals surface area contributed by atoms with Gasteiger partial charge in [-0.05, 0) is 45.3 Å². The minimum Gasteiger partial charge on any atom is -0.504 e. The molecule has 2 aromatic carbocycles. The van der Waals surface area contributed by atoms with Crippen LogP contribution >= 0.6 is 11.3 Å². The van der Waals surface area contributed by atoms with Crippen LogP contribution in [-0.2, 0) is 11.3 Å². The predicted octanol–water partition coefficient (Wildman–Crippen LogP) is 3.34. The number of aromatic nitrogens is 1. The average molecular weight is 398 g/mol. The van der Waals surface area contributed by atoms with Gasteiger partial charge in [-0.25, -0.2) is 4.98 Å². The first-order chi connectivity index (χ1) is 13.4. The lowest BCUT2D eigenvalue weighted by Crippen LogP contribution is -2.44. The van der Waals surface area contributed by atoms with Gasteiger partial charge < -0.3 is 14.7 Å². The van der Waals surface area contributed by atoms with Crippen molar-refractivity contribution in [1.82, 2.24) is 14.8 Å². The van der Waals surface area contributed by atoms with Crippen LogP contribution in [-0.4, -0.2) is 59.1 Å². The number of carbonyl (C=O) groups excluding carboxylic acids is 1. The summed E-state index contributed by atoms with van der Waals surface area (Å²) in [4.78, 5) is 21.2. The van der Waals surface area contributed by atoms with Crippen LogP contribution in [0.3, 0.4) is 0 Å². The number of amides is 1. The molecule has 0 saturated carbocycles. The SMILES string of the molecule is CC(C(=O)N1CCOc2c(O)cc(-c3nc4ccccc4s3)cc2C1)N(C)C. The Bertz CT molecular complexity index is 998. The molecule has 7 heteroatoms. The van der Waals surface area contributed by atoms with Crippen molar-refractivity contribution >= 4 is 27.5 Å². The van der Waals surface area contributed by atoms with Gasteiger partial charge >= 0.3 is 0 Å². The largest absolute Gasteiger partial charge is 0.504 e. The van der Waals surface area contributed by atoms with Crippen molar-refractivity contribution in [3.05, 3.63) is 42.0 Å². The van der Waals surface area contributed by atoms with Gasteiger partial charge in [-0.2, -0.15) is 0 Å². The van der Waals surface area contributed by atoms with Crippen LogP contribution in [0.4, 0.5) is 0 Å². The molecule has 1 aliphatic rings. The van der Waals surface area contributed by atoms with Crippen LogP contribution in [0, 0.1) is 0 Å². The molecule has 28 heavy (non-hydrogen) atoms. The zero-order valence-electron chi connectivity index (χ0n) is 16.2. The molecule has 1 aromatic heterocycles. The monoisotopic (exact) mass is 397 g/mol. The quantitative estimate of drug-likeness (QED) is 0.734. The minimum absolute atomic E-state index is 0.0475. The molecule has 0 radical (unpaired) electrons. The van der Waals surface area contributed by atoms with Crippen molar-refractivity contribution < 1.29 is 14.6 Å². The van der Waals surface area contributed by atoms with E-state index in [9.17, 15) is 9.90 Å². The number of likely N-dealkylation sites (N-methyl/N-ethyl adjacent to an activating group) is 1. The number of carbonyl (C=O) groups is 1. The number of phenolic OH excluding ortho intramolecular Hbond substituents is 1. The van der Waals surface area contributed by atoms with Crippen LogP contribution in [0.15, 0.2) is 36.4 Å². The molecule has 4 rings (SSSR count). The molecular formula is C21H23N3O3S. The van der Waals surface area contributed by atoms with Crippen molar-refractivity contribution in [2.45, 2.75) is 19.5 Å². The van der Waals surface area contributed by atoms with E-state index in [2.05, 4.69) is 4.98 Å². The number of hydrogen-bond acceptors (Lipinski definition) is 6. The maximum absolute atomic E-state index is 12.8. The fourth-order valence-corrected chi connectivity index (χ4v) is 4.24. The standard InChI is InChI=1S/C21H23N3O3S/c1-13(23(2)3)21(26)24-8-9-27-19-15(12-24)10-14(11-17(19)25)20-22-16-6-4-5-7-18(16)28-20/h4-7,10-11,13,25H,8-9,12H2,1-3H3. The molecule has 0 bridgehead atoms. The first-order valence-electron chi connectivity index (χ1n) is 9.24. The third-order valence-corrected chi connectivity index (χ3v) is 6.19. The molecule has 0 spiro atoms. The van der Waals surface area contributed by atoms with E-state index in [0.717, 1.165) is 26.4 Å². The maximum atomic E-state index is 12.8. The molecule has 1 N–H and O–H groups in total. The first-order valence-corrected chi connectivity index (χ1v) is 10.1. The number of benzene rings is 2. The van der Waals surface area contributed by atoms with E-state index in [1.54, 1.807) is 22.3 Å². The lowest BCUT2D eigenvalue weighted by Gasteiger charge is -2.27. The zero-order valence-corrected chi connectivity index (χ0v) is 17.0. The van der Waals surface area contributed by atoms with Gasteiger partial charge in [0.25, 0.3) is 0 Å². The van der Waals surface area contributed by atoms with Crippen molar-refractivity contribution in [2.75, 3.05) is 27.2 Å². The summed E-state index contributed by atoms with van der Waals surface area (Å²) >= 11 is 1.58. The number of phenols is 1. The molecule has 1 atom stereocenters. The molecule has 0 fully saturated rings. The van der Waals surface area contributed by atoms with Gasteiger partial charge in [0.1, 0.15) is 11.6 Å². The van der Waals surface area contributed by atoms with E-state index in [4.69, 9.17) is 4.74 Å². The lowest BCUT2D eigenvalue weighted by molar-refractivity contribution is -0.136. The number of ether oxygens (including phenoxy) is 1. The number of rotatable bonds is 3. The molecular weight excluding hydrogens is 374 g/mol.